The molecule has 4 heterocycles. The lowest BCUT2D eigenvalue weighted by Crippen LogP contribution is -2.52. The third kappa shape index (κ3) is 1.14. The van der Waals surface area contributed by atoms with Crippen LogP contribution in [0.3, 0.4) is 0 Å². The summed E-state index contributed by atoms with van der Waals surface area (Å²) in [6, 6.07) is 9.16. The van der Waals surface area contributed by atoms with Gasteiger partial charge in [-0.3, -0.25) is 0 Å². The highest BCUT2D eigenvalue weighted by Gasteiger charge is 3.02. The molecule has 2 aromatic rings. The van der Waals surface area contributed by atoms with E-state index in [0.717, 1.165) is 0 Å². The predicted octanol–water partition coefficient (Wildman–Crippen LogP) is 0.597. The van der Waals surface area contributed by atoms with Crippen LogP contribution in [0.15, 0.2) is 39.9 Å². The average molecular weight is 397 g/mol. The molecule has 5 fully saturated rings. The molecule has 0 unspecified atom stereocenters. The summed E-state index contributed by atoms with van der Waals surface area (Å²) < 4.78 is 29.6. The lowest BCUT2D eigenvalue weighted by Gasteiger charge is -2.47. The molecular weight excluding hydrogens is 378 g/mol. The first kappa shape index (κ1) is 14.8. The maximum atomic E-state index is 13.4. The molecular formula is C20H19N3O4S. The van der Waals surface area contributed by atoms with E-state index in [1.807, 2.05) is 18.2 Å². The monoisotopic (exact) mass is 397 g/mol. The summed E-state index contributed by atoms with van der Waals surface area (Å²) in [4.78, 5) is 26.9. The van der Waals surface area contributed by atoms with Crippen molar-refractivity contribution in [3.63, 3.8) is 0 Å². The Morgan fingerprint density at radius 3 is 1.89 bits per heavy atom. The summed E-state index contributed by atoms with van der Waals surface area (Å²) in [5.74, 6) is 2.54. The van der Waals surface area contributed by atoms with Gasteiger partial charge in [-0.05, 0) is 48.6 Å². The van der Waals surface area contributed by atoms with Gasteiger partial charge in [-0.1, -0.05) is 18.2 Å². The van der Waals surface area contributed by atoms with Crippen molar-refractivity contribution < 1.29 is 8.42 Å². The highest BCUT2D eigenvalue weighted by molar-refractivity contribution is 7.91. The smallest absolute Gasteiger partial charge is 0.245 e. The molecule has 7 aliphatic rings. The largest absolute Gasteiger partial charge is 0.352 e. The van der Waals surface area contributed by atoms with Gasteiger partial charge in [0, 0.05) is 10.8 Å². The molecule has 2 spiro atoms. The van der Waals surface area contributed by atoms with Crippen LogP contribution in [0.2, 0.25) is 0 Å². The van der Waals surface area contributed by atoms with Crippen LogP contribution in [0.5, 0.6) is 0 Å². The van der Waals surface area contributed by atoms with Crippen LogP contribution < -0.4 is 11.4 Å². The molecule has 1 saturated heterocycles. The topological polar surface area (TPSA) is 83.1 Å². The van der Waals surface area contributed by atoms with Crippen molar-refractivity contribution in [3.05, 3.63) is 51.3 Å². The third-order valence-corrected chi connectivity index (χ3v) is 11.1. The second-order valence-electron chi connectivity index (χ2n) is 9.76. The van der Waals surface area contributed by atoms with Crippen LogP contribution in [0.1, 0.15) is 24.9 Å². The Balaban J connectivity index is 1.42. The lowest BCUT2D eigenvalue weighted by atomic mass is 9.69. The summed E-state index contributed by atoms with van der Waals surface area (Å²) in [5, 5.41) is 0. The normalized spacial score (nSPS) is 49.3. The van der Waals surface area contributed by atoms with Crippen LogP contribution >= 0.6 is 0 Å². The van der Waals surface area contributed by atoms with Crippen molar-refractivity contribution in [2.24, 2.45) is 34.5 Å². The maximum absolute atomic E-state index is 13.4. The van der Waals surface area contributed by atoms with Crippen molar-refractivity contribution in [2.45, 2.75) is 24.9 Å². The standard InChI is InChI=1S/C20H19N3O4S/c24-17-21(10-4-2-1-3-5-10)18(25)23-16-13-11-12(13)15(22(17)23)19-6-8-28(26,27)9-7-20(16,19)14(11)19/h1-5,11-16H,6-9H2/t11?,12-,13-,14?,15-,16-,19+,20+/m0/s1. The molecule has 0 N–H and O–H groups in total. The van der Waals surface area contributed by atoms with E-state index in [4.69, 9.17) is 0 Å². The first-order valence-electron chi connectivity index (χ1n) is 10.2. The van der Waals surface area contributed by atoms with Gasteiger partial charge in [0.05, 0.1) is 29.3 Å². The number of sulfone groups is 1. The Kier molecular flexibility index (Phi) is 2.03. The van der Waals surface area contributed by atoms with Crippen LogP contribution in [-0.4, -0.2) is 33.9 Å². The average Bonchev–Trinajstić information content (AvgIpc) is 3.45. The van der Waals surface area contributed by atoms with Gasteiger partial charge in [-0.25, -0.2) is 31.9 Å². The second-order valence-corrected chi connectivity index (χ2v) is 12.1. The Bertz CT molecular complexity index is 1260. The van der Waals surface area contributed by atoms with E-state index >= 15 is 0 Å². The molecule has 2 bridgehead atoms. The molecule has 144 valence electrons. The third-order valence-electron chi connectivity index (χ3n) is 9.46. The number of para-hydroxylation sites is 1. The number of hydrogen-bond donors (Lipinski definition) is 0. The summed E-state index contributed by atoms with van der Waals surface area (Å²) in [5.41, 5.74) is -0.0239. The molecule has 4 aliphatic carbocycles. The molecule has 3 aliphatic heterocycles. The Labute approximate surface area is 160 Å². The molecule has 1 aromatic heterocycles. The minimum atomic E-state index is -3.03. The molecule has 1 aromatic carbocycles. The van der Waals surface area contributed by atoms with E-state index in [1.165, 1.54) is 4.57 Å². The minimum absolute atomic E-state index is 0.0102. The highest BCUT2D eigenvalue weighted by Crippen LogP contribution is 3.04. The van der Waals surface area contributed by atoms with Gasteiger partial charge in [0.15, 0.2) is 0 Å². The van der Waals surface area contributed by atoms with Gasteiger partial charge in [0.1, 0.15) is 9.84 Å². The van der Waals surface area contributed by atoms with Crippen LogP contribution in [0, 0.1) is 34.5 Å². The zero-order valence-corrected chi connectivity index (χ0v) is 15.9. The van der Waals surface area contributed by atoms with E-state index in [2.05, 4.69) is 0 Å². The van der Waals surface area contributed by atoms with E-state index in [1.54, 1.807) is 21.5 Å². The van der Waals surface area contributed by atoms with Crippen LogP contribution in [0.25, 0.3) is 5.69 Å². The minimum Gasteiger partial charge on any atom is -0.245 e. The van der Waals surface area contributed by atoms with Crippen molar-refractivity contribution in [2.75, 3.05) is 11.5 Å². The van der Waals surface area contributed by atoms with Crippen LogP contribution in [-0.2, 0) is 9.84 Å². The van der Waals surface area contributed by atoms with Crippen molar-refractivity contribution in [1.29, 1.82) is 0 Å². The van der Waals surface area contributed by atoms with Gasteiger partial charge in [-0.15, -0.1) is 0 Å². The molecule has 6 atom stereocenters. The van der Waals surface area contributed by atoms with E-state index in [-0.39, 0.29) is 45.8 Å². The molecule has 8 heteroatoms. The number of aromatic nitrogens is 3. The number of nitrogens with zero attached hydrogens (tertiary/aromatic N) is 3. The Hall–Kier alpha value is -2.09. The molecule has 4 saturated carbocycles. The molecule has 9 rings (SSSR count). The molecule has 0 radical (unpaired) electrons. The van der Waals surface area contributed by atoms with E-state index in [0.29, 0.717) is 42.2 Å². The Morgan fingerprint density at radius 2 is 1.36 bits per heavy atom. The molecule has 28 heavy (non-hydrogen) atoms. The van der Waals surface area contributed by atoms with E-state index < -0.39 is 9.84 Å². The molecule has 0 amide bonds. The maximum Gasteiger partial charge on any atom is 0.352 e. The molecule has 7 nitrogen and oxygen atoms in total. The van der Waals surface area contributed by atoms with Crippen molar-refractivity contribution in [1.82, 2.24) is 13.9 Å². The first-order valence-corrected chi connectivity index (χ1v) is 12.0. The SMILES string of the molecule is O=c1n(-c2ccccc2)c(=O)n2n1[C@H]1[C@H]3C4C5[C@]16CCS(=O)(=O)CC[C@]56[C@@H]2[C@@H]43. The van der Waals surface area contributed by atoms with Crippen molar-refractivity contribution >= 4 is 9.84 Å². The van der Waals surface area contributed by atoms with Crippen molar-refractivity contribution in [3.8, 4) is 5.69 Å². The van der Waals surface area contributed by atoms with Gasteiger partial charge >= 0.3 is 11.4 Å². The summed E-state index contributed by atoms with van der Waals surface area (Å²) in [6.07, 6.45) is 1.33. The van der Waals surface area contributed by atoms with Gasteiger partial charge in [0.25, 0.3) is 0 Å². The number of rotatable bonds is 1. The fourth-order valence-electron chi connectivity index (χ4n) is 9.01. The van der Waals surface area contributed by atoms with Crippen LogP contribution in [0.4, 0.5) is 0 Å². The fourth-order valence-corrected chi connectivity index (χ4v) is 10.5. The summed E-state index contributed by atoms with van der Waals surface area (Å²) >= 11 is 0. The fraction of sp³-hybridized carbons (Fsp3) is 0.600. The second kappa shape index (κ2) is 3.84. The van der Waals surface area contributed by atoms with E-state index in [9.17, 15) is 18.0 Å². The zero-order valence-electron chi connectivity index (χ0n) is 15.1. The van der Waals surface area contributed by atoms with Gasteiger partial charge in [-0.2, -0.15) is 0 Å². The number of hydrogen-bond acceptors (Lipinski definition) is 4. The summed E-state index contributed by atoms with van der Waals surface area (Å²) in [7, 11) is -3.03. The highest BCUT2D eigenvalue weighted by atomic mass is 32.2. The first-order chi connectivity index (χ1) is 13.5. The van der Waals surface area contributed by atoms with Gasteiger partial charge in [0.2, 0.25) is 0 Å². The lowest BCUT2D eigenvalue weighted by molar-refractivity contribution is -0.00192. The predicted molar refractivity (Wildman–Crippen MR) is 99.1 cm³/mol. The quantitative estimate of drug-likeness (QED) is 0.706. The summed E-state index contributed by atoms with van der Waals surface area (Å²) in [6.45, 7) is 0. The zero-order chi connectivity index (χ0) is 18.8. The Morgan fingerprint density at radius 1 is 0.821 bits per heavy atom. The number of benzene rings is 1. The van der Waals surface area contributed by atoms with Gasteiger partial charge < -0.3 is 0 Å².